The molecule has 5 aliphatic rings. The van der Waals surface area contributed by atoms with Crippen molar-refractivity contribution in [2.45, 2.75) is 203 Å². The summed E-state index contributed by atoms with van der Waals surface area (Å²) in [5.74, 6) is -3.96. The van der Waals surface area contributed by atoms with Crippen LogP contribution in [-0.4, -0.2) is 192 Å². The summed E-state index contributed by atoms with van der Waals surface area (Å²) in [7, 11) is 1.19. The van der Waals surface area contributed by atoms with Crippen molar-refractivity contribution in [1.29, 1.82) is 0 Å². The number of phenols is 2. The highest BCUT2D eigenvalue weighted by Gasteiger charge is 2.51. The number of rotatable bonds is 13. The number of hydrogen-bond donors (Lipinski definition) is 10. The number of carbonyl (C=O) groups is 2. The first-order valence-corrected chi connectivity index (χ1v) is 22.8. The van der Waals surface area contributed by atoms with Gasteiger partial charge in [-0.1, -0.05) is 0 Å². The van der Waals surface area contributed by atoms with Gasteiger partial charge in [0.15, 0.2) is 30.4 Å². The Labute approximate surface area is 387 Å². The Morgan fingerprint density at radius 3 is 1.91 bits per heavy atom. The lowest BCUT2D eigenvalue weighted by Gasteiger charge is -2.45. The molecule has 0 bridgehead atoms. The molecule has 7 rings (SSSR count). The Kier molecular flexibility index (Phi) is 15.6. The molecular weight excluding hydrogens is 888 g/mol. The van der Waals surface area contributed by atoms with Crippen LogP contribution in [0.15, 0.2) is 12.1 Å². The summed E-state index contributed by atoms with van der Waals surface area (Å²) in [6.07, 6.45) is -22.6. The zero-order valence-corrected chi connectivity index (χ0v) is 38.7. The van der Waals surface area contributed by atoms with E-state index in [1.54, 1.807) is 27.7 Å². The number of aromatic hydroxyl groups is 2. The van der Waals surface area contributed by atoms with E-state index in [1.807, 2.05) is 0 Å². The van der Waals surface area contributed by atoms with Gasteiger partial charge in [-0.2, -0.15) is 0 Å². The minimum absolute atomic E-state index is 0.0243. The van der Waals surface area contributed by atoms with Crippen LogP contribution in [0.2, 0.25) is 0 Å². The summed E-state index contributed by atoms with van der Waals surface area (Å²) in [6, 6.07) is 3.04. The average molecular weight is 955 g/mol. The maximum atomic E-state index is 14.8. The van der Waals surface area contributed by atoms with Gasteiger partial charge in [0.25, 0.3) is 0 Å². The number of ether oxygens (including phenoxy) is 9. The number of aliphatic hydroxyl groups is 8. The maximum absolute atomic E-state index is 14.8. The Hall–Kier alpha value is -3.20. The first-order valence-electron chi connectivity index (χ1n) is 22.8. The van der Waals surface area contributed by atoms with Gasteiger partial charge in [-0.05, 0) is 78.0 Å². The van der Waals surface area contributed by atoms with E-state index in [-0.39, 0.29) is 65.3 Å². The number of aliphatic hydroxyl groups excluding tert-OH is 7. The van der Waals surface area contributed by atoms with E-state index in [0.717, 1.165) is 0 Å². The van der Waals surface area contributed by atoms with Crippen molar-refractivity contribution < 1.29 is 103 Å². The summed E-state index contributed by atoms with van der Waals surface area (Å²) in [6.45, 7) is 10.5. The highest BCUT2D eigenvalue weighted by Crippen LogP contribution is 2.47. The van der Waals surface area contributed by atoms with Crippen LogP contribution in [0.1, 0.15) is 88.7 Å². The quantitative estimate of drug-likeness (QED) is 0.125. The molecule has 4 unspecified atom stereocenters. The van der Waals surface area contributed by atoms with Crippen LogP contribution in [0.3, 0.4) is 0 Å². The van der Waals surface area contributed by atoms with E-state index in [9.17, 15) is 60.7 Å². The zero-order valence-electron chi connectivity index (χ0n) is 38.7. The predicted molar refractivity (Wildman–Crippen MR) is 229 cm³/mol. The summed E-state index contributed by atoms with van der Waals surface area (Å²) in [4.78, 5) is 28.6. The largest absolute Gasteiger partial charge is 0.507 e. The molecule has 4 heterocycles. The summed E-state index contributed by atoms with van der Waals surface area (Å²) >= 11 is 0. The van der Waals surface area contributed by atoms with Crippen LogP contribution >= 0.6 is 0 Å². The molecule has 4 aliphatic heterocycles. The van der Waals surface area contributed by atoms with Gasteiger partial charge in [0.1, 0.15) is 60.0 Å². The molecular formula is C46H66O21. The van der Waals surface area contributed by atoms with Gasteiger partial charge in [-0.3, -0.25) is 9.59 Å². The number of phenolic OH excluding ortho intramolecular Hbond substituents is 2. The lowest BCUT2D eigenvalue weighted by Crippen LogP contribution is -2.58. The molecule has 0 aromatic heterocycles. The van der Waals surface area contributed by atoms with E-state index in [0.29, 0.717) is 0 Å². The first-order chi connectivity index (χ1) is 31.4. The van der Waals surface area contributed by atoms with Gasteiger partial charge in [0.2, 0.25) is 6.29 Å². The molecule has 0 amide bonds. The molecule has 0 spiro atoms. The Balaban J connectivity index is 1.18. The Morgan fingerprint density at radius 2 is 1.33 bits per heavy atom. The number of methoxy groups -OCH3 is 1. The third-order valence-electron chi connectivity index (χ3n) is 13.9. The fourth-order valence-electron chi connectivity index (χ4n) is 9.92. The molecule has 10 N–H and O–H groups in total. The number of hydrogen-bond acceptors (Lipinski definition) is 21. The van der Waals surface area contributed by atoms with Crippen LogP contribution < -0.4 is 4.74 Å². The summed E-state index contributed by atoms with van der Waals surface area (Å²) in [5, 5.41) is 108. The highest BCUT2D eigenvalue weighted by atomic mass is 16.7. The zero-order chi connectivity index (χ0) is 49.1. The number of carbonyl (C=O) groups excluding carboxylic acids is 2. The molecule has 2 aromatic carbocycles. The number of ketones is 2. The van der Waals surface area contributed by atoms with E-state index in [2.05, 4.69) is 0 Å². The van der Waals surface area contributed by atoms with Gasteiger partial charge >= 0.3 is 0 Å². The average Bonchev–Trinajstić information content (AvgIpc) is 3.25. The van der Waals surface area contributed by atoms with Crippen LogP contribution in [0, 0.1) is 12.8 Å². The molecule has 21 atom stereocenters. The van der Waals surface area contributed by atoms with E-state index in [4.69, 9.17) is 42.6 Å². The van der Waals surface area contributed by atoms with Gasteiger partial charge in [-0.25, -0.2) is 0 Å². The fourth-order valence-corrected chi connectivity index (χ4v) is 9.92. The van der Waals surface area contributed by atoms with Gasteiger partial charge in [0, 0.05) is 44.3 Å². The molecule has 4 saturated heterocycles. The monoisotopic (exact) mass is 954 g/mol. The normalized spacial score (nSPS) is 40.8. The van der Waals surface area contributed by atoms with Crippen molar-refractivity contribution in [3.8, 4) is 17.2 Å². The molecule has 21 heteroatoms. The second kappa shape index (κ2) is 20.3. The predicted octanol–water partition coefficient (Wildman–Crippen LogP) is -0.130. The maximum Gasteiger partial charge on any atom is 0.202 e. The second-order valence-electron chi connectivity index (χ2n) is 19.0. The highest BCUT2D eigenvalue weighted by molar-refractivity contribution is 6.11. The minimum atomic E-state index is -1.92. The van der Waals surface area contributed by atoms with Gasteiger partial charge in [-0.15, -0.1) is 0 Å². The SMILES string of the molecule is CO[C@H](C(=O)[C@@H](O)[C@@H](C)O)[C@@H]1Cc2cc3cc(O[C@H]4C[C@@H](O[C@H]5C[C@@H](O)[C@@H](O)C(C)O5)[C@@H](O)C(C)O4)c(C)c(O)c3c(O)c2C(=O)[C@H]1O[C@H]1C[C@@H](O[C@H]2C[C@](C)(O)[C@@H](O)C(C)O2)[C@@H](O)C(C)O1. The number of Topliss-reactive ketones (excluding diaryl/α,β-unsaturated/α-hetero) is 2. The van der Waals surface area contributed by atoms with Crippen LogP contribution in [-0.2, 0) is 49.1 Å². The lowest BCUT2D eigenvalue weighted by atomic mass is 9.75. The van der Waals surface area contributed by atoms with Crippen molar-refractivity contribution in [3.05, 3.63) is 28.8 Å². The van der Waals surface area contributed by atoms with Crippen molar-refractivity contribution in [2.75, 3.05) is 7.11 Å². The standard InChI is InChI=1S/C46H66O21/c1-16-26(64-30-13-27(38(52)19(4)61-30)65-29-12-25(48)37(51)18(3)60-29)11-23-9-22-10-24(43(59-8)42(56)36(50)17(2)47)44(41(55)34(22)40(54)33(23)35(16)49)67-31-14-28(39(53)20(5)62-31)66-32-15-46(7,58)45(57)21(6)63-32/h9,11,17-21,24-25,27-32,36-39,43-45,47-54,57-58H,10,12-15H2,1-8H3/t17-,18?,19?,20?,21?,24+,25-,27-,28-,29+,30+,31+,32+,36+,37+,38+,39+,43+,44+,45+,46+/m1/s1. The van der Waals surface area contributed by atoms with Crippen LogP contribution in [0.25, 0.3) is 10.8 Å². The summed E-state index contributed by atoms with van der Waals surface area (Å²) < 4.78 is 53.9. The number of fused-ring (bicyclic) bond motifs is 2. The molecule has 4 fully saturated rings. The Morgan fingerprint density at radius 1 is 0.776 bits per heavy atom. The molecule has 0 saturated carbocycles. The third kappa shape index (κ3) is 10.3. The molecule has 376 valence electrons. The van der Waals surface area contributed by atoms with Crippen LogP contribution in [0.5, 0.6) is 17.2 Å². The lowest BCUT2D eigenvalue weighted by molar-refractivity contribution is -0.320. The van der Waals surface area contributed by atoms with E-state index >= 15 is 0 Å². The van der Waals surface area contributed by atoms with E-state index in [1.165, 1.54) is 40.0 Å². The Bertz CT molecular complexity index is 2090. The van der Waals surface area contributed by atoms with Crippen LogP contribution in [0.4, 0.5) is 0 Å². The molecule has 1 aliphatic carbocycles. The number of benzene rings is 2. The second-order valence-corrected chi connectivity index (χ2v) is 19.0. The van der Waals surface area contributed by atoms with Gasteiger partial charge in [0.05, 0.1) is 65.4 Å². The topological polar surface area (TPSA) is 320 Å². The summed E-state index contributed by atoms with van der Waals surface area (Å²) in [5.41, 5.74) is -1.46. The molecule has 2 aromatic rings. The van der Waals surface area contributed by atoms with E-state index < -0.39 is 151 Å². The fraction of sp³-hybridized carbons (Fsp3) is 0.739. The van der Waals surface area contributed by atoms with Crippen molar-refractivity contribution in [3.63, 3.8) is 0 Å². The molecule has 67 heavy (non-hydrogen) atoms. The van der Waals surface area contributed by atoms with Crippen molar-refractivity contribution >= 4 is 22.3 Å². The third-order valence-corrected chi connectivity index (χ3v) is 13.9. The minimum Gasteiger partial charge on any atom is -0.507 e. The molecule has 0 radical (unpaired) electrons. The smallest absolute Gasteiger partial charge is 0.202 e. The van der Waals surface area contributed by atoms with Crippen molar-refractivity contribution in [2.24, 2.45) is 5.92 Å². The molecule has 21 nitrogen and oxygen atoms in total. The van der Waals surface area contributed by atoms with Crippen molar-refractivity contribution in [1.82, 2.24) is 0 Å². The van der Waals surface area contributed by atoms with Gasteiger partial charge < -0.3 is 93.7 Å². The first kappa shape index (κ1) is 51.6.